The number of carbonyl (C=O) groups excluding carboxylic acids is 2. The first-order valence-electron chi connectivity index (χ1n) is 8.80. The lowest BCUT2D eigenvalue weighted by atomic mass is 10.1. The van der Waals surface area contributed by atoms with Gasteiger partial charge in [0.1, 0.15) is 0 Å². The Hall–Kier alpha value is -2.08. The van der Waals surface area contributed by atoms with E-state index < -0.39 is 0 Å². The van der Waals surface area contributed by atoms with Crippen LogP contribution in [-0.2, 0) is 4.79 Å². The second kappa shape index (κ2) is 9.27. The van der Waals surface area contributed by atoms with Gasteiger partial charge in [-0.2, -0.15) is 0 Å². The Labute approximate surface area is 144 Å². The number of carbonyl (C=O) groups is 2. The summed E-state index contributed by atoms with van der Waals surface area (Å²) in [5, 5.41) is 8.71. The summed E-state index contributed by atoms with van der Waals surface area (Å²) in [6, 6.07) is 7.20. The number of likely N-dealkylation sites (tertiary alicyclic amines) is 1. The van der Waals surface area contributed by atoms with Gasteiger partial charge in [-0.25, -0.2) is 4.79 Å². The lowest BCUT2D eigenvalue weighted by Gasteiger charge is -2.32. The highest BCUT2D eigenvalue weighted by Crippen LogP contribution is 2.16. The molecule has 1 saturated heterocycles. The highest BCUT2D eigenvalue weighted by Gasteiger charge is 2.20. The molecule has 24 heavy (non-hydrogen) atoms. The molecule has 6 heteroatoms. The summed E-state index contributed by atoms with van der Waals surface area (Å²) in [5.41, 5.74) is 1.37. The Morgan fingerprint density at radius 3 is 2.67 bits per heavy atom. The second-order valence-electron chi connectivity index (χ2n) is 6.21. The summed E-state index contributed by atoms with van der Waals surface area (Å²) < 4.78 is 0. The minimum atomic E-state index is -0.199. The van der Waals surface area contributed by atoms with Gasteiger partial charge in [0.05, 0.1) is 0 Å². The number of urea groups is 1. The first-order chi connectivity index (χ1) is 11.6. The summed E-state index contributed by atoms with van der Waals surface area (Å²) in [6.07, 6.45) is 3.42. The van der Waals surface area contributed by atoms with Crippen molar-refractivity contribution in [1.29, 1.82) is 0 Å². The van der Waals surface area contributed by atoms with Crippen LogP contribution in [0.1, 0.15) is 39.5 Å². The number of rotatable bonds is 6. The summed E-state index contributed by atoms with van der Waals surface area (Å²) in [5.74, 6) is -0.0130. The van der Waals surface area contributed by atoms with Gasteiger partial charge in [0, 0.05) is 30.4 Å². The fraction of sp³-hybridized carbons (Fsp3) is 0.556. The predicted molar refractivity (Wildman–Crippen MR) is 97.3 cm³/mol. The zero-order valence-electron chi connectivity index (χ0n) is 14.6. The van der Waals surface area contributed by atoms with Gasteiger partial charge in [0.15, 0.2) is 0 Å². The lowest BCUT2D eigenvalue weighted by Crippen LogP contribution is -2.48. The van der Waals surface area contributed by atoms with Crippen LogP contribution in [0.2, 0.25) is 0 Å². The third-order valence-electron chi connectivity index (χ3n) is 4.17. The van der Waals surface area contributed by atoms with Crippen molar-refractivity contribution >= 4 is 23.3 Å². The maximum atomic E-state index is 12.2. The first-order valence-corrected chi connectivity index (χ1v) is 8.80. The smallest absolute Gasteiger partial charge is 0.319 e. The number of anilines is 2. The van der Waals surface area contributed by atoms with Gasteiger partial charge in [-0.3, -0.25) is 4.79 Å². The molecule has 1 heterocycles. The minimum Gasteiger partial charge on any atom is -0.334 e. The van der Waals surface area contributed by atoms with E-state index in [0.717, 1.165) is 38.9 Å². The van der Waals surface area contributed by atoms with E-state index in [1.54, 1.807) is 6.07 Å². The van der Waals surface area contributed by atoms with Crippen molar-refractivity contribution in [3.05, 3.63) is 24.3 Å². The highest BCUT2D eigenvalue weighted by molar-refractivity contribution is 5.93. The van der Waals surface area contributed by atoms with E-state index in [4.69, 9.17) is 0 Å². The summed E-state index contributed by atoms with van der Waals surface area (Å²) >= 11 is 0. The predicted octanol–water partition coefficient (Wildman–Crippen LogP) is 3.03. The molecule has 1 aliphatic heterocycles. The zero-order chi connectivity index (χ0) is 17.4. The van der Waals surface area contributed by atoms with Gasteiger partial charge < -0.3 is 20.9 Å². The molecule has 132 valence electrons. The van der Waals surface area contributed by atoms with E-state index in [1.165, 1.54) is 0 Å². The number of benzene rings is 1. The molecule has 1 aromatic carbocycles. The van der Waals surface area contributed by atoms with Crippen LogP contribution in [0.25, 0.3) is 0 Å². The average molecular weight is 332 g/mol. The number of amides is 3. The quantitative estimate of drug-likeness (QED) is 0.750. The molecular weight excluding hydrogens is 304 g/mol. The number of nitrogens with one attached hydrogen (secondary N) is 3. The van der Waals surface area contributed by atoms with Crippen LogP contribution in [0.5, 0.6) is 0 Å². The molecule has 1 atom stereocenters. The molecular formula is C18H28N4O2. The van der Waals surface area contributed by atoms with Gasteiger partial charge in [-0.15, -0.1) is 0 Å². The largest absolute Gasteiger partial charge is 0.334 e. The SMILES string of the molecule is CCCC(=O)Nc1cccc(NC(=O)N[C@@H]2CCCN(CC)C2)c1. The number of nitrogens with zero attached hydrogens (tertiary/aromatic N) is 1. The Morgan fingerprint density at radius 2 is 1.96 bits per heavy atom. The van der Waals surface area contributed by atoms with Gasteiger partial charge in [-0.1, -0.05) is 19.9 Å². The second-order valence-corrected chi connectivity index (χ2v) is 6.21. The molecule has 1 fully saturated rings. The molecule has 1 aliphatic rings. The van der Waals surface area contributed by atoms with E-state index in [9.17, 15) is 9.59 Å². The Morgan fingerprint density at radius 1 is 1.21 bits per heavy atom. The van der Waals surface area contributed by atoms with Gasteiger partial charge >= 0.3 is 6.03 Å². The average Bonchev–Trinajstić information content (AvgIpc) is 2.55. The highest BCUT2D eigenvalue weighted by atomic mass is 16.2. The van der Waals surface area contributed by atoms with E-state index >= 15 is 0 Å². The van der Waals surface area contributed by atoms with Crippen LogP contribution in [0, 0.1) is 0 Å². The number of hydrogen-bond acceptors (Lipinski definition) is 3. The molecule has 0 aliphatic carbocycles. The van der Waals surface area contributed by atoms with Gasteiger partial charge in [0.25, 0.3) is 0 Å². The van der Waals surface area contributed by atoms with Gasteiger partial charge in [0.2, 0.25) is 5.91 Å². The molecule has 0 aromatic heterocycles. The van der Waals surface area contributed by atoms with Crippen molar-refractivity contribution < 1.29 is 9.59 Å². The number of hydrogen-bond donors (Lipinski definition) is 3. The third-order valence-corrected chi connectivity index (χ3v) is 4.17. The van der Waals surface area contributed by atoms with E-state index in [-0.39, 0.29) is 18.0 Å². The molecule has 2 rings (SSSR count). The molecule has 0 spiro atoms. The summed E-state index contributed by atoms with van der Waals surface area (Å²) in [4.78, 5) is 26.2. The van der Waals surface area contributed by atoms with Crippen molar-refractivity contribution in [3.8, 4) is 0 Å². The lowest BCUT2D eigenvalue weighted by molar-refractivity contribution is -0.116. The van der Waals surface area contributed by atoms with Crippen LogP contribution in [0.4, 0.5) is 16.2 Å². The van der Waals surface area contributed by atoms with Gasteiger partial charge in [-0.05, 0) is 50.6 Å². The maximum absolute atomic E-state index is 12.2. The number of piperidine rings is 1. The molecule has 0 unspecified atom stereocenters. The van der Waals surface area contributed by atoms with Crippen molar-refractivity contribution in [2.75, 3.05) is 30.3 Å². The van der Waals surface area contributed by atoms with Crippen molar-refractivity contribution in [1.82, 2.24) is 10.2 Å². The number of likely N-dealkylation sites (N-methyl/N-ethyl adjacent to an activating group) is 1. The molecule has 1 aromatic rings. The van der Waals surface area contributed by atoms with E-state index in [1.807, 2.05) is 25.1 Å². The normalized spacial score (nSPS) is 18.0. The van der Waals surface area contributed by atoms with Crippen LogP contribution in [0.15, 0.2) is 24.3 Å². The summed E-state index contributed by atoms with van der Waals surface area (Å²) in [7, 11) is 0. The third kappa shape index (κ3) is 5.85. The monoisotopic (exact) mass is 332 g/mol. The Kier molecular flexibility index (Phi) is 7.06. The van der Waals surface area contributed by atoms with Crippen LogP contribution >= 0.6 is 0 Å². The molecule has 0 radical (unpaired) electrons. The van der Waals surface area contributed by atoms with Crippen LogP contribution < -0.4 is 16.0 Å². The van der Waals surface area contributed by atoms with Crippen molar-refractivity contribution in [2.45, 2.75) is 45.6 Å². The molecule has 0 saturated carbocycles. The zero-order valence-corrected chi connectivity index (χ0v) is 14.6. The van der Waals surface area contributed by atoms with Crippen molar-refractivity contribution in [2.24, 2.45) is 0 Å². The first kappa shape index (κ1) is 18.3. The van der Waals surface area contributed by atoms with Crippen molar-refractivity contribution in [3.63, 3.8) is 0 Å². The fourth-order valence-corrected chi connectivity index (χ4v) is 2.94. The fourth-order valence-electron chi connectivity index (χ4n) is 2.94. The standard InChI is InChI=1S/C18H28N4O2/c1-3-7-17(23)19-14-8-5-9-15(12-14)20-18(24)21-16-10-6-11-22(4-2)13-16/h5,8-9,12,16H,3-4,6-7,10-11,13H2,1-2H3,(H,19,23)(H2,20,21,24)/t16-/m1/s1. The van der Waals surface area contributed by atoms with E-state index in [2.05, 4.69) is 27.8 Å². The summed E-state index contributed by atoms with van der Waals surface area (Å²) in [6.45, 7) is 7.12. The Balaban J connectivity index is 1.86. The Bertz CT molecular complexity index is 562. The van der Waals surface area contributed by atoms with E-state index in [0.29, 0.717) is 17.8 Å². The van der Waals surface area contributed by atoms with Crippen LogP contribution in [-0.4, -0.2) is 42.5 Å². The molecule has 0 bridgehead atoms. The maximum Gasteiger partial charge on any atom is 0.319 e. The van der Waals surface area contributed by atoms with Crippen LogP contribution in [0.3, 0.4) is 0 Å². The molecule has 6 nitrogen and oxygen atoms in total. The molecule has 3 amide bonds. The molecule has 3 N–H and O–H groups in total. The topological polar surface area (TPSA) is 73.5 Å². The minimum absolute atomic E-state index is 0.0130.